The molecular formula is C10H8ClNO2. The molecule has 0 aliphatic carbocycles. The van der Waals surface area contributed by atoms with Crippen molar-refractivity contribution in [3.63, 3.8) is 0 Å². The smallest absolute Gasteiger partial charge is 0.146 e. The molecule has 0 spiro atoms. The molecule has 4 heteroatoms. The number of aromatic nitrogens is 1. The van der Waals surface area contributed by atoms with Crippen molar-refractivity contribution in [2.24, 2.45) is 0 Å². The van der Waals surface area contributed by atoms with E-state index < -0.39 is 0 Å². The van der Waals surface area contributed by atoms with Crippen LogP contribution in [0.25, 0.3) is 11.3 Å². The number of rotatable bonds is 2. The Hall–Kier alpha value is -1.48. The van der Waals surface area contributed by atoms with Crippen LogP contribution in [0.15, 0.2) is 35.1 Å². The third-order valence-electron chi connectivity index (χ3n) is 1.88. The van der Waals surface area contributed by atoms with E-state index in [-0.39, 0.29) is 0 Å². The summed E-state index contributed by atoms with van der Waals surface area (Å²) in [6, 6.07) is 7.25. The number of para-hydroxylation sites is 1. The molecule has 0 aliphatic heterocycles. The number of ether oxygens (including phenoxy) is 1. The van der Waals surface area contributed by atoms with Crippen LogP contribution in [0, 0.1) is 0 Å². The van der Waals surface area contributed by atoms with Gasteiger partial charge in [-0.1, -0.05) is 22.8 Å². The Morgan fingerprint density at radius 1 is 1.36 bits per heavy atom. The van der Waals surface area contributed by atoms with E-state index in [0.29, 0.717) is 16.5 Å². The average Bonchev–Trinajstić information content (AvgIpc) is 2.70. The first-order chi connectivity index (χ1) is 6.83. The van der Waals surface area contributed by atoms with Gasteiger partial charge in [-0.2, -0.15) is 0 Å². The highest BCUT2D eigenvalue weighted by Crippen LogP contribution is 2.34. The van der Waals surface area contributed by atoms with Crippen LogP contribution in [-0.2, 0) is 0 Å². The van der Waals surface area contributed by atoms with Gasteiger partial charge in [-0.15, -0.1) is 0 Å². The lowest BCUT2D eigenvalue weighted by molar-refractivity contribution is 0.411. The van der Waals surface area contributed by atoms with Crippen LogP contribution < -0.4 is 4.74 Å². The largest absolute Gasteiger partial charge is 0.494 e. The molecule has 0 unspecified atom stereocenters. The van der Waals surface area contributed by atoms with E-state index in [9.17, 15) is 0 Å². The summed E-state index contributed by atoms with van der Waals surface area (Å²) in [7, 11) is 1.57. The standard InChI is InChI=1S/C10H8ClNO2/c1-13-10-7(3-2-4-8(10)11)9-5-6-14-12-9/h2-6H,1H3. The highest BCUT2D eigenvalue weighted by Gasteiger charge is 2.10. The summed E-state index contributed by atoms with van der Waals surface area (Å²) < 4.78 is 9.95. The first-order valence-electron chi connectivity index (χ1n) is 4.06. The Morgan fingerprint density at radius 2 is 2.21 bits per heavy atom. The van der Waals surface area contributed by atoms with Crippen molar-refractivity contribution in [3.8, 4) is 17.0 Å². The normalized spacial score (nSPS) is 10.1. The summed E-state index contributed by atoms with van der Waals surface area (Å²) in [6.45, 7) is 0. The van der Waals surface area contributed by atoms with Crippen molar-refractivity contribution in [2.75, 3.05) is 7.11 Å². The predicted molar refractivity (Wildman–Crippen MR) is 53.5 cm³/mol. The van der Waals surface area contributed by atoms with Crippen molar-refractivity contribution >= 4 is 11.6 Å². The van der Waals surface area contributed by atoms with Gasteiger partial charge in [0.15, 0.2) is 0 Å². The fourth-order valence-corrected chi connectivity index (χ4v) is 1.52. The van der Waals surface area contributed by atoms with Gasteiger partial charge in [0.25, 0.3) is 0 Å². The topological polar surface area (TPSA) is 35.3 Å². The summed E-state index contributed by atoms with van der Waals surface area (Å²) in [6.07, 6.45) is 1.51. The molecule has 0 atom stereocenters. The zero-order valence-electron chi connectivity index (χ0n) is 7.53. The number of benzene rings is 1. The van der Waals surface area contributed by atoms with Gasteiger partial charge in [-0.3, -0.25) is 0 Å². The van der Waals surface area contributed by atoms with Crippen molar-refractivity contribution in [1.82, 2.24) is 5.16 Å². The molecule has 1 aromatic heterocycles. The van der Waals surface area contributed by atoms with Gasteiger partial charge in [0.1, 0.15) is 17.7 Å². The van der Waals surface area contributed by atoms with Crippen molar-refractivity contribution in [2.45, 2.75) is 0 Å². The Bertz CT molecular complexity index is 426. The lowest BCUT2D eigenvalue weighted by Crippen LogP contribution is -1.88. The molecule has 72 valence electrons. The quantitative estimate of drug-likeness (QED) is 0.763. The van der Waals surface area contributed by atoms with Gasteiger partial charge in [-0.25, -0.2) is 0 Å². The van der Waals surface area contributed by atoms with E-state index >= 15 is 0 Å². The van der Waals surface area contributed by atoms with E-state index in [0.717, 1.165) is 5.56 Å². The molecule has 0 bridgehead atoms. The first-order valence-corrected chi connectivity index (χ1v) is 4.44. The number of nitrogens with zero attached hydrogens (tertiary/aromatic N) is 1. The van der Waals surface area contributed by atoms with E-state index in [1.165, 1.54) is 6.26 Å². The summed E-state index contributed by atoms with van der Waals surface area (Å²) in [5.74, 6) is 0.614. The highest BCUT2D eigenvalue weighted by atomic mass is 35.5. The molecule has 3 nitrogen and oxygen atoms in total. The Kier molecular flexibility index (Phi) is 2.41. The van der Waals surface area contributed by atoms with Crippen LogP contribution in [0.1, 0.15) is 0 Å². The van der Waals surface area contributed by atoms with Gasteiger partial charge < -0.3 is 9.26 Å². The van der Waals surface area contributed by atoms with Crippen molar-refractivity contribution in [1.29, 1.82) is 0 Å². The molecule has 0 amide bonds. The third kappa shape index (κ3) is 1.46. The number of hydrogen-bond acceptors (Lipinski definition) is 3. The monoisotopic (exact) mass is 209 g/mol. The fraction of sp³-hybridized carbons (Fsp3) is 0.100. The van der Waals surface area contributed by atoms with E-state index in [1.807, 2.05) is 12.1 Å². The third-order valence-corrected chi connectivity index (χ3v) is 2.18. The van der Waals surface area contributed by atoms with Gasteiger partial charge in [0.05, 0.1) is 12.1 Å². The fourth-order valence-electron chi connectivity index (χ4n) is 1.27. The molecule has 14 heavy (non-hydrogen) atoms. The van der Waals surface area contributed by atoms with Crippen LogP contribution in [-0.4, -0.2) is 12.3 Å². The van der Waals surface area contributed by atoms with E-state index in [4.69, 9.17) is 20.9 Å². The van der Waals surface area contributed by atoms with Gasteiger partial charge >= 0.3 is 0 Å². The zero-order chi connectivity index (χ0) is 9.97. The SMILES string of the molecule is COc1c(Cl)cccc1-c1ccon1. The number of hydrogen-bond donors (Lipinski definition) is 0. The Balaban J connectivity index is 2.58. The summed E-state index contributed by atoms with van der Waals surface area (Å²) in [5, 5.41) is 4.39. The average molecular weight is 210 g/mol. The maximum Gasteiger partial charge on any atom is 0.146 e. The molecule has 2 rings (SSSR count). The predicted octanol–water partition coefficient (Wildman–Crippen LogP) is 3.00. The summed E-state index contributed by atoms with van der Waals surface area (Å²) in [4.78, 5) is 0. The molecule has 0 saturated heterocycles. The zero-order valence-corrected chi connectivity index (χ0v) is 8.28. The van der Waals surface area contributed by atoms with Gasteiger partial charge in [-0.05, 0) is 12.1 Å². The minimum Gasteiger partial charge on any atom is -0.494 e. The van der Waals surface area contributed by atoms with E-state index in [1.54, 1.807) is 19.2 Å². The van der Waals surface area contributed by atoms with Crippen LogP contribution in [0.4, 0.5) is 0 Å². The minimum absolute atomic E-state index is 0.563. The second-order valence-corrected chi connectivity index (χ2v) is 3.11. The van der Waals surface area contributed by atoms with Crippen molar-refractivity contribution in [3.05, 3.63) is 35.6 Å². The van der Waals surface area contributed by atoms with Crippen LogP contribution >= 0.6 is 11.6 Å². The Labute approximate surface area is 86.2 Å². The lowest BCUT2D eigenvalue weighted by Gasteiger charge is -2.06. The van der Waals surface area contributed by atoms with Crippen LogP contribution in [0.3, 0.4) is 0 Å². The molecule has 1 aromatic carbocycles. The summed E-state index contributed by atoms with van der Waals surface area (Å²) >= 11 is 5.96. The summed E-state index contributed by atoms with van der Waals surface area (Å²) in [5.41, 5.74) is 1.54. The van der Waals surface area contributed by atoms with E-state index in [2.05, 4.69) is 5.16 Å². The molecule has 0 radical (unpaired) electrons. The molecule has 0 fully saturated rings. The molecule has 0 N–H and O–H groups in total. The minimum atomic E-state index is 0.563. The molecule has 1 heterocycles. The Morgan fingerprint density at radius 3 is 2.86 bits per heavy atom. The second kappa shape index (κ2) is 3.72. The molecule has 0 aliphatic rings. The molecular weight excluding hydrogens is 202 g/mol. The second-order valence-electron chi connectivity index (χ2n) is 2.71. The maximum atomic E-state index is 5.96. The first kappa shape index (κ1) is 9.09. The van der Waals surface area contributed by atoms with Crippen molar-refractivity contribution < 1.29 is 9.26 Å². The molecule has 2 aromatic rings. The molecule has 0 saturated carbocycles. The highest BCUT2D eigenvalue weighted by molar-refractivity contribution is 6.32. The number of halogens is 1. The van der Waals surface area contributed by atoms with Gasteiger partial charge in [0, 0.05) is 11.6 Å². The van der Waals surface area contributed by atoms with Gasteiger partial charge in [0.2, 0.25) is 0 Å². The number of methoxy groups -OCH3 is 1. The van der Waals surface area contributed by atoms with Crippen LogP contribution in [0.2, 0.25) is 5.02 Å². The maximum absolute atomic E-state index is 5.96. The van der Waals surface area contributed by atoms with Crippen LogP contribution in [0.5, 0.6) is 5.75 Å². The lowest BCUT2D eigenvalue weighted by atomic mass is 10.1.